The zero-order chi connectivity index (χ0) is 14.5. The summed E-state index contributed by atoms with van der Waals surface area (Å²) < 4.78 is 0.978. The Balaban J connectivity index is 1.84. The van der Waals surface area contributed by atoms with Gasteiger partial charge >= 0.3 is 0 Å². The van der Waals surface area contributed by atoms with Crippen LogP contribution in [0.4, 0.5) is 5.69 Å². The third-order valence-electron chi connectivity index (χ3n) is 2.38. The molecule has 0 spiro atoms. The van der Waals surface area contributed by atoms with Gasteiger partial charge in [0.05, 0.1) is 15.7 Å². The maximum absolute atomic E-state index is 11.9. The predicted molar refractivity (Wildman–Crippen MR) is 87.3 cm³/mol. The van der Waals surface area contributed by atoms with Gasteiger partial charge in [0.25, 0.3) is 0 Å². The average Bonchev–Trinajstić information content (AvgIpc) is 2.80. The molecule has 0 unspecified atom stereocenters. The van der Waals surface area contributed by atoms with Gasteiger partial charge in [0, 0.05) is 23.2 Å². The number of nitrogens with zero attached hydrogens (tertiary/aromatic N) is 1. The first-order chi connectivity index (χ1) is 9.56. The fourth-order valence-corrected chi connectivity index (χ4v) is 3.80. The van der Waals surface area contributed by atoms with Gasteiger partial charge in [-0.1, -0.05) is 41.0 Å². The molecular weight excluding hydrogens is 335 g/mol. The van der Waals surface area contributed by atoms with Crippen molar-refractivity contribution in [1.29, 1.82) is 0 Å². The summed E-state index contributed by atoms with van der Waals surface area (Å²) in [4.78, 5) is 16.2. The molecule has 1 aromatic carbocycles. The summed E-state index contributed by atoms with van der Waals surface area (Å²) >= 11 is 15.1. The van der Waals surface area contributed by atoms with Crippen molar-refractivity contribution in [2.75, 3.05) is 11.1 Å². The van der Waals surface area contributed by atoms with E-state index in [0.717, 1.165) is 10.0 Å². The molecule has 2 aromatic rings. The number of amides is 1. The summed E-state index contributed by atoms with van der Waals surface area (Å²) in [6.45, 7) is 1.95. The number of anilines is 1. The zero-order valence-corrected chi connectivity index (χ0v) is 13.8. The highest BCUT2D eigenvalue weighted by atomic mass is 35.5. The number of thiazole rings is 1. The number of halogens is 2. The number of thioether (sulfide) groups is 1. The molecule has 20 heavy (non-hydrogen) atoms. The molecule has 106 valence electrons. The Bertz CT molecular complexity index is 596. The van der Waals surface area contributed by atoms with Gasteiger partial charge in [-0.05, 0) is 19.1 Å². The van der Waals surface area contributed by atoms with E-state index in [0.29, 0.717) is 27.9 Å². The molecule has 0 aliphatic carbocycles. The summed E-state index contributed by atoms with van der Waals surface area (Å²) in [6, 6.07) is 5.12. The normalized spacial score (nSPS) is 10.6. The Hall–Kier alpha value is -0.750. The minimum atomic E-state index is -0.110. The second kappa shape index (κ2) is 7.31. The van der Waals surface area contributed by atoms with Gasteiger partial charge in [0.2, 0.25) is 5.91 Å². The smallest absolute Gasteiger partial charge is 0.225 e. The molecule has 0 bridgehead atoms. The molecule has 1 amide bonds. The first kappa shape index (κ1) is 15.6. The molecule has 3 nitrogen and oxygen atoms in total. The first-order valence-electron chi connectivity index (χ1n) is 5.85. The highest BCUT2D eigenvalue weighted by Gasteiger charge is 2.10. The second-order valence-electron chi connectivity index (χ2n) is 4.00. The molecule has 0 atom stereocenters. The number of hydrogen-bond donors (Lipinski definition) is 1. The van der Waals surface area contributed by atoms with Crippen LogP contribution in [0.5, 0.6) is 0 Å². The van der Waals surface area contributed by atoms with Gasteiger partial charge in [0.1, 0.15) is 4.34 Å². The second-order valence-corrected chi connectivity index (χ2v) is 7.01. The summed E-state index contributed by atoms with van der Waals surface area (Å²) in [6.07, 6.45) is 0.380. The van der Waals surface area contributed by atoms with E-state index in [1.807, 2.05) is 12.3 Å². The van der Waals surface area contributed by atoms with Crippen molar-refractivity contribution in [2.45, 2.75) is 17.7 Å². The van der Waals surface area contributed by atoms with Crippen LogP contribution in [0.2, 0.25) is 10.0 Å². The number of rotatable bonds is 5. The lowest BCUT2D eigenvalue weighted by Crippen LogP contribution is -2.12. The Labute approximate surface area is 135 Å². The van der Waals surface area contributed by atoms with Gasteiger partial charge in [-0.3, -0.25) is 4.79 Å². The molecule has 0 saturated heterocycles. The lowest BCUT2D eigenvalue weighted by molar-refractivity contribution is -0.115. The minimum Gasteiger partial charge on any atom is -0.324 e. The molecule has 0 saturated carbocycles. The number of aryl methyl sites for hydroxylation is 1. The van der Waals surface area contributed by atoms with Crippen molar-refractivity contribution in [1.82, 2.24) is 4.98 Å². The summed E-state index contributed by atoms with van der Waals surface area (Å²) in [7, 11) is 0. The summed E-state index contributed by atoms with van der Waals surface area (Å²) in [5, 5.41) is 5.61. The van der Waals surface area contributed by atoms with E-state index in [4.69, 9.17) is 23.2 Å². The quantitative estimate of drug-likeness (QED) is 0.784. The molecule has 1 aromatic heterocycles. The monoisotopic (exact) mass is 346 g/mol. The van der Waals surface area contributed by atoms with Crippen molar-refractivity contribution in [2.24, 2.45) is 0 Å². The zero-order valence-electron chi connectivity index (χ0n) is 10.7. The molecule has 1 heterocycles. The van der Waals surface area contributed by atoms with Crippen LogP contribution in [0.3, 0.4) is 0 Å². The van der Waals surface area contributed by atoms with Gasteiger partial charge in [-0.15, -0.1) is 11.3 Å². The molecule has 0 radical (unpaired) electrons. The van der Waals surface area contributed by atoms with Crippen LogP contribution in [0.1, 0.15) is 12.1 Å². The molecule has 1 N–H and O–H groups in total. The Morgan fingerprint density at radius 2 is 2.10 bits per heavy atom. The summed E-state index contributed by atoms with van der Waals surface area (Å²) in [5.74, 6) is 0.557. The number of carbonyl (C=O) groups excluding carboxylic acids is 1. The third kappa shape index (κ3) is 4.38. The van der Waals surface area contributed by atoms with Crippen LogP contribution in [0.25, 0.3) is 0 Å². The van der Waals surface area contributed by atoms with Crippen molar-refractivity contribution in [3.05, 3.63) is 39.3 Å². The van der Waals surface area contributed by atoms with Gasteiger partial charge in [0.15, 0.2) is 0 Å². The largest absolute Gasteiger partial charge is 0.324 e. The van der Waals surface area contributed by atoms with Gasteiger partial charge in [-0.25, -0.2) is 4.98 Å². The third-order valence-corrected chi connectivity index (χ3v) is 5.15. The average molecular weight is 347 g/mol. The van der Waals surface area contributed by atoms with Crippen molar-refractivity contribution in [3.8, 4) is 0 Å². The number of aromatic nitrogens is 1. The maximum atomic E-state index is 11.9. The number of nitrogens with one attached hydrogen (secondary N) is 1. The topological polar surface area (TPSA) is 42.0 Å². The fourth-order valence-electron chi connectivity index (χ4n) is 1.45. The van der Waals surface area contributed by atoms with Crippen LogP contribution < -0.4 is 5.32 Å². The highest BCUT2D eigenvalue weighted by Crippen LogP contribution is 2.30. The predicted octanol–water partition coefficient (Wildman–Crippen LogP) is 4.88. The lowest BCUT2D eigenvalue weighted by atomic mass is 10.3. The summed E-state index contributed by atoms with van der Waals surface area (Å²) in [5.41, 5.74) is 1.47. The molecule has 0 aliphatic heterocycles. The Morgan fingerprint density at radius 1 is 1.40 bits per heavy atom. The Kier molecular flexibility index (Phi) is 5.72. The van der Waals surface area contributed by atoms with E-state index in [9.17, 15) is 4.79 Å². The van der Waals surface area contributed by atoms with Crippen molar-refractivity contribution >= 4 is 57.9 Å². The minimum absolute atomic E-state index is 0.110. The maximum Gasteiger partial charge on any atom is 0.225 e. The van der Waals surface area contributed by atoms with E-state index in [2.05, 4.69) is 10.3 Å². The van der Waals surface area contributed by atoms with E-state index < -0.39 is 0 Å². The van der Waals surface area contributed by atoms with Gasteiger partial charge in [-0.2, -0.15) is 0 Å². The van der Waals surface area contributed by atoms with Crippen LogP contribution in [-0.2, 0) is 4.79 Å². The number of hydrogen-bond acceptors (Lipinski definition) is 4. The lowest BCUT2D eigenvalue weighted by Gasteiger charge is -2.08. The molecule has 2 rings (SSSR count). The molecule has 7 heteroatoms. The van der Waals surface area contributed by atoms with E-state index >= 15 is 0 Å². The van der Waals surface area contributed by atoms with E-state index in [-0.39, 0.29) is 5.91 Å². The first-order valence-corrected chi connectivity index (χ1v) is 8.47. The number of para-hydroxylation sites is 1. The van der Waals surface area contributed by atoms with Crippen molar-refractivity contribution < 1.29 is 4.79 Å². The SMILES string of the molecule is Cc1csc(SCCC(=O)Nc2c(Cl)cccc2Cl)n1. The van der Waals surface area contributed by atoms with E-state index in [1.54, 1.807) is 41.3 Å². The van der Waals surface area contributed by atoms with Crippen LogP contribution in [0.15, 0.2) is 27.9 Å². The Morgan fingerprint density at radius 3 is 2.70 bits per heavy atom. The number of carbonyl (C=O) groups is 1. The molecule has 0 fully saturated rings. The van der Waals surface area contributed by atoms with Crippen molar-refractivity contribution in [3.63, 3.8) is 0 Å². The van der Waals surface area contributed by atoms with Crippen LogP contribution in [-0.4, -0.2) is 16.6 Å². The molecule has 0 aliphatic rings. The highest BCUT2D eigenvalue weighted by molar-refractivity contribution is 8.01. The van der Waals surface area contributed by atoms with Crippen LogP contribution >= 0.6 is 46.3 Å². The number of benzene rings is 1. The van der Waals surface area contributed by atoms with Crippen LogP contribution in [0, 0.1) is 6.92 Å². The standard InChI is InChI=1S/C13H12Cl2N2OS2/c1-8-7-20-13(16-8)19-6-5-11(18)17-12-9(14)3-2-4-10(12)15/h2-4,7H,5-6H2,1H3,(H,17,18). The fraction of sp³-hybridized carbons (Fsp3) is 0.231. The molecular formula is C13H12Cl2N2OS2. The van der Waals surface area contributed by atoms with Gasteiger partial charge < -0.3 is 5.32 Å². The van der Waals surface area contributed by atoms with E-state index in [1.165, 1.54) is 0 Å².